The Hall–Kier alpha value is -1.98. The Morgan fingerprint density at radius 1 is 1.26 bits per heavy atom. The minimum absolute atomic E-state index is 0.170. The van der Waals surface area contributed by atoms with Gasteiger partial charge in [-0.25, -0.2) is 0 Å². The van der Waals surface area contributed by atoms with E-state index in [0.29, 0.717) is 18.4 Å². The number of aliphatic carboxylic acids is 1. The van der Waals surface area contributed by atoms with Crippen LogP contribution in [0.2, 0.25) is 0 Å². The van der Waals surface area contributed by atoms with Gasteiger partial charge in [-0.05, 0) is 18.9 Å². The lowest BCUT2D eigenvalue weighted by Crippen LogP contribution is -2.44. The molecule has 1 heterocycles. The van der Waals surface area contributed by atoms with Crippen LogP contribution < -0.4 is 5.32 Å². The van der Waals surface area contributed by atoms with E-state index in [9.17, 15) is 14.7 Å². The maximum Gasteiger partial charge on any atom is 0.311 e. The van der Waals surface area contributed by atoms with Gasteiger partial charge in [-0.2, -0.15) is 10.2 Å². The summed E-state index contributed by atoms with van der Waals surface area (Å²) in [5, 5.41) is 19.3. The third-order valence-corrected chi connectivity index (χ3v) is 3.70. The number of aromatic nitrogens is 2. The van der Waals surface area contributed by atoms with Crippen LogP contribution in [0.4, 0.5) is 0 Å². The molecule has 102 valence electrons. The average Bonchev–Trinajstić information content (AvgIpc) is 2.46. The van der Waals surface area contributed by atoms with E-state index in [1.54, 1.807) is 6.07 Å². The Morgan fingerprint density at radius 2 is 2.00 bits per heavy atom. The highest BCUT2D eigenvalue weighted by atomic mass is 16.4. The summed E-state index contributed by atoms with van der Waals surface area (Å²) >= 11 is 0. The quantitative estimate of drug-likeness (QED) is 0.852. The molecular formula is C13H17N3O3. The maximum atomic E-state index is 11.9. The molecule has 0 saturated heterocycles. The number of nitrogens with one attached hydrogen (secondary N) is 1. The zero-order valence-electron chi connectivity index (χ0n) is 10.6. The second-order valence-corrected chi connectivity index (χ2v) is 4.96. The molecule has 2 N–H and O–H groups in total. The molecule has 0 aliphatic heterocycles. The van der Waals surface area contributed by atoms with E-state index >= 15 is 0 Å². The van der Waals surface area contributed by atoms with Crippen LogP contribution in [0, 0.1) is 5.41 Å². The van der Waals surface area contributed by atoms with E-state index in [0.717, 1.165) is 19.3 Å². The van der Waals surface area contributed by atoms with Crippen molar-refractivity contribution in [3.63, 3.8) is 0 Å². The summed E-state index contributed by atoms with van der Waals surface area (Å²) in [6.07, 6.45) is 6.91. The van der Waals surface area contributed by atoms with Crippen molar-refractivity contribution in [3.05, 3.63) is 24.0 Å². The highest BCUT2D eigenvalue weighted by Crippen LogP contribution is 2.36. The van der Waals surface area contributed by atoms with Crippen LogP contribution in [0.15, 0.2) is 18.5 Å². The van der Waals surface area contributed by atoms with Crippen molar-refractivity contribution in [3.8, 4) is 0 Å². The van der Waals surface area contributed by atoms with Crippen molar-refractivity contribution in [2.75, 3.05) is 6.54 Å². The maximum absolute atomic E-state index is 11.9. The Labute approximate surface area is 111 Å². The van der Waals surface area contributed by atoms with Crippen LogP contribution in [0.25, 0.3) is 0 Å². The van der Waals surface area contributed by atoms with E-state index in [-0.39, 0.29) is 12.5 Å². The topological polar surface area (TPSA) is 92.2 Å². The summed E-state index contributed by atoms with van der Waals surface area (Å²) in [5.41, 5.74) is -0.416. The molecule has 1 amide bonds. The fourth-order valence-corrected chi connectivity index (χ4v) is 2.47. The van der Waals surface area contributed by atoms with Gasteiger partial charge < -0.3 is 10.4 Å². The summed E-state index contributed by atoms with van der Waals surface area (Å²) < 4.78 is 0. The summed E-state index contributed by atoms with van der Waals surface area (Å²) in [4.78, 5) is 23.3. The molecule has 0 bridgehead atoms. The number of carbonyl (C=O) groups is 2. The van der Waals surface area contributed by atoms with Crippen LogP contribution in [0.5, 0.6) is 0 Å². The SMILES string of the molecule is O=C(NCC1(C(=O)O)CCCCC1)c1ccnnc1. The summed E-state index contributed by atoms with van der Waals surface area (Å²) in [6, 6.07) is 1.55. The molecule has 1 aliphatic carbocycles. The first-order valence-corrected chi connectivity index (χ1v) is 6.42. The zero-order chi connectivity index (χ0) is 13.7. The summed E-state index contributed by atoms with van der Waals surface area (Å²) in [6.45, 7) is 0.170. The van der Waals surface area contributed by atoms with Crippen molar-refractivity contribution in [2.45, 2.75) is 32.1 Å². The number of carboxylic acid groups (broad SMARTS) is 1. The first-order valence-electron chi connectivity index (χ1n) is 6.42. The first-order chi connectivity index (χ1) is 9.14. The second kappa shape index (κ2) is 5.77. The molecule has 6 heteroatoms. The van der Waals surface area contributed by atoms with Gasteiger partial charge in [-0.3, -0.25) is 9.59 Å². The summed E-state index contributed by atoms with van der Waals surface area (Å²) in [5.74, 6) is -1.12. The fourth-order valence-electron chi connectivity index (χ4n) is 2.47. The Kier molecular flexibility index (Phi) is 4.09. The van der Waals surface area contributed by atoms with Crippen molar-refractivity contribution < 1.29 is 14.7 Å². The average molecular weight is 263 g/mol. The molecule has 1 aromatic rings. The van der Waals surface area contributed by atoms with Gasteiger partial charge in [0.05, 0.1) is 23.4 Å². The van der Waals surface area contributed by atoms with Gasteiger partial charge >= 0.3 is 5.97 Å². The molecule has 6 nitrogen and oxygen atoms in total. The number of hydrogen-bond donors (Lipinski definition) is 2. The number of nitrogens with zero attached hydrogens (tertiary/aromatic N) is 2. The lowest BCUT2D eigenvalue weighted by atomic mass is 9.74. The van der Waals surface area contributed by atoms with Gasteiger partial charge in [0, 0.05) is 6.54 Å². The molecule has 1 saturated carbocycles. The van der Waals surface area contributed by atoms with Crippen molar-refractivity contribution in [2.24, 2.45) is 5.41 Å². The highest BCUT2D eigenvalue weighted by Gasteiger charge is 2.39. The molecule has 0 spiro atoms. The monoisotopic (exact) mass is 263 g/mol. The number of rotatable bonds is 4. The molecular weight excluding hydrogens is 246 g/mol. The van der Waals surface area contributed by atoms with Gasteiger partial charge in [-0.1, -0.05) is 19.3 Å². The van der Waals surface area contributed by atoms with Gasteiger partial charge in [-0.15, -0.1) is 0 Å². The Morgan fingerprint density at radius 3 is 2.58 bits per heavy atom. The molecule has 1 fully saturated rings. The standard InChI is InChI=1S/C13H17N3O3/c17-11(10-4-7-15-16-8-10)14-9-13(12(18)19)5-2-1-3-6-13/h4,7-8H,1-3,5-6,9H2,(H,14,17)(H,18,19). The molecule has 0 unspecified atom stereocenters. The van der Waals surface area contributed by atoms with Crippen LogP contribution >= 0.6 is 0 Å². The zero-order valence-corrected chi connectivity index (χ0v) is 10.6. The minimum Gasteiger partial charge on any atom is -0.481 e. The molecule has 0 aromatic carbocycles. The number of carboxylic acids is 1. The van der Waals surface area contributed by atoms with Gasteiger partial charge in [0.1, 0.15) is 0 Å². The molecule has 1 aromatic heterocycles. The summed E-state index contributed by atoms with van der Waals surface area (Å²) in [7, 11) is 0. The van der Waals surface area contributed by atoms with E-state index in [4.69, 9.17) is 0 Å². The molecule has 0 radical (unpaired) electrons. The van der Waals surface area contributed by atoms with Gasteiger partial charge in [0.2, 0.25) is 0 Å². The molecule has 0 atom stereocenters. The lowest BCUT2D eigenvalue weighted by Gasteiger charge is -2.33. The first kappa shape index (κ1) is 13.5. The van der Waals surface area contributed by atoms with E-state index in [1.165, 1.54) is 12.4 Å². The molecule has 2 rings (SSSR count). The number of amides is 1. The van der Waals surface area contributed by atoms with Crippen LogP contribution in [0.1, 0.15) is 42.5 Å². The Bertz CT molecular complexity index is 455. The van der Waals surface area contributed by atoms with Crippen molar-refractivity contribution in [1.29, 1.82) is 0 Å². The van der Waals surface area contributed by atoms with Crippen molar-refractivity contribution >= 4 is 11.9 Å². The van der Waals surface area contributed by atoms with Crippen molar-refractivity contribution in [1.82, 2.24) is 15.5 Å². The second-order valence-electron chi connectivity index (χ2n) is 4.96. The third kappa shape index (κ3) is 3.07. The fraction of sp³-hybridized carbons (Fsp3) is 0.538. The predicted molar refractivity (Wildman–Crippen MR) is 67.5 cm³/mol. The third-order valence-electron chi connectivity index (χ3n) is 3.70. The highest BCUT2D eigenvalue weighted by molar-refractivity contribution is 5.94. The smallest absolute Gasteiger partial charge is 0.311 e. The normalized spacial score (nSPS) is 17.7. The lowest BCUT2D eigenvalue weighted by molar-refractivity contribution is -0.150. The van der Waals surface area contributed by atoms with Gasteiger partial charge in [0.25, 0.3) is 5.91 Å². The van der Waals surface area contributed by atoms with E-state index in [1.807, 2.05) is 0 Å². The minimum atomic E-state index is -0.819. The van der Waals surface area contributed by atoms with Crippen LogP contribution in [-0.4, -0.2) is 33.7 Å². The Balaban J connectivity index is 2.00. The molecule has 1 aliphatic rings. The van der Waals surface area contributed by atoms with Crippen LogP contribution in [-0.2, 0) is 4.79 Å². The number of hydrogen-bond acceptors (Lipinski definition) is 4. The number of carbonyl (C=O) groups excluding carboxylic acids is 1. The van der Waals surface area contributed by atoms with Gasteiger partial charge in [0.15, 0.2) is 0 Å². The molecule has 19 heavy (non-hydrogen) atoms. The van der Waals surface area contributed by atoms with Crippen LogP contribution in [0.3, 0.4) is 0 Å². The largest absolute Gasteiger partial charge is 0.481 e. The predicted octanol–water partition coefficient (Wildman–Crippen LogP) is 1.24. The van der Waals surface area contributed by atoms with E-state index in [2.05, 4.69) is 15.5 Å². The van der Waals surface area contributed by atoms with E-state index < -0.39 is 11.4 Å².